The van der Waals surface area contributed by atoms with Crippen LogP contribution in [-0.4, -0.2) is 41.1 Å². The van der Waals surface area contributed by atoms with E-state index in [1.165, 1.54) is 0 Å². The van der Waals surface area contributed by atoms with Crippen LogP contribution in [0.2, 0.25) is 0 Å². The number of carbonyl (C=O) groups excluding carboxylic acids is 1. The fourth-order valence-corrected chi connectivity index (χ4v) is 2.34. The Morgan fingerprint density at radius 2 is 2.00 bits per heavy atom. The molecule has 1 aliphatic rings. The number of carboxylic acids is 1. The van der Waals surface area contributed by atoms with Gasteiger partial charge >= 0.3 is 12.0 Å². The molecule has 2 atom stereocenters. The number of carbonyl (C=O) groups is 2. The number of nitrogens with zero attached hydrogens (tertiary/aromatic N) is 1. The zero-order valence-electron chi connectivity index (χ0n) is 12.4. The summed E-state index contributed by atoms with van der Waals surface area (Å²) in [6, 6.07) is -0.0786. The van der Waals surface area contributed by atoms with Crippen molar-refractivity contribution in [2.45, 2.75) is 53.0 Å². The minimum atomic E-state index is -0.750. The second kappa shape index (κ2) is 6.26. The molecule has 1 aliphatic heterocycles. The molecule has 0 radical (unpaired) electrons. The minimum absolute atomic E-state index is 0.00973. The van der Waals surface area contributed by atoms with Gasteiger partial charge in [0.25, 0.3) is 0 Å². The highest BCUT2D eigenvalue weighted by Crippen LogP contribution is 2.23. The van der Waals surface area contributed by atoms with Crippen molar-refractivity contribution in [1.82, 2.24) is 10.2 Å². The van der Waals surface area contributed by atoms with E-state index in [1.54, 1.807) is 4.90 Å². The summed E-state index contributed by atoms with van der Waals surface area (Å²) in [7, 11) is 0. The molecular formula is C14H26N2O3. The lowest BCUT2D eigenvalue weighted by Gasteiger charge is -2.36. The molecule has 0 aliphatic carbocycles. The van der Waals surface area contributed by atoms with Crippen LogP contribution in [0, 0.1) is 11.3 Å². The zero-order valence-corrected chi connectivity index (χ0v) is 12.4. The first-order valence-electron chi connectivity index (χ1n) is 6.98. The molecule has 1 fully saturated rings. The maximum Gasteiger partial charge on any atom is 0.317 e. The molecule has 0 spiro atoms. The van der Waals surface area contributed by atoms with Crippen LogP contribution in [-0.2, 0) is 4.79 Å². The first-order valence-corrected chi connectivity index (χ1v) is 6.98. The average Bonchev–Trinajstić information content (AvgIpc) is 2.26. The number of amides is 2. The molecule has 5 nitrogen and oxygen atoms in total. The first-order chi connectivity index (χ1) is 8.70. The summed E-state index contributed by atoms with van der Waals surface area (Å²) in [6.45, 7) is 9.52. The molecule has 1 rings (SSSR count). The summed E-state index contributed by atoms with van der Waals surface area (Å²) in [5.41, 5.74) is 0.204. The van der Waals surface area contributed by atoms with E-state index in [0.29, 0.717) is 25.9 Å². The Bertz CT molecular complexity index is 336. The van der Waals surface area contributed by atoms with Crippen LogP contribution < -0.4 is 5.32 Å². The van der Waals surface area contributed by atoms with Crippen molar-refractivity contribution >= 4 is 12.0 Å². The van der Waals surface area contributed by atoms with E-state index in [0.717, 1.165) is 6.42 Å². The Morgan fingerprint density at radius 1 is 1.37 bits per heavy atom. The molecule has 2 N–H and O–H groups in total. The molecule has 0 saturated carbocycles. The Balaban J connectivity index is 2.40. The molecule has 5 heteroatoms. The van der Waals surface area contributed by atoms with Crippen LogP contribution in [0.15, 0.2) is 0 Å². The number of nitrogens with one attached hydrogen (secondary N) is 1. The monoisotopic (exact) mass is 270 g/mol. The van der Waals surface area contributed by atoms with Gasteiger partial charge in [-0.15, -0.1) is 0 Å². The van der Waals surface area contributed by atoms with E-state index in [-0.39, 0.29) is 23.4 Å². The zero-order chi connectivity index (χ0) is 14.6. The third kappa shape index (κ3) is 5.09. The van der Waals surface area contributed by atoms with Gasteiger partial charge in [0.15, 0.2) is 0 Å². The van der Waals surface area contributed by atoms with Gasteiger partial charge in [-0.2, -0.15) is 0 Å². The number of hydrogen-bond acceptors (Lipinski definition) is 2. The summed E-state index contributed by atoms with van der Waals surface area (Å²) in [5.74, 6) is -1.06. The highest BCUT2D eigenvalue weighted by Gasteiger charge is 2.32. The molecule has 0 bridgehead atoms. The van der Waals surface area contributed by atoms with Crippen LogP contribution in [0.25, 0.3) is 0 Å². The lowest BCUT2D eigenvalue weighted by molar-refractivity contribution is -0.143. The van der Waals surface area contributed by atoms with Crippen LogP contribution >= 0.6 is 0 Å². The highest BCUT2D eigenvalue weighted by molar-refractivity contribution is 5.75. The predicted octanol–water partition coefficient (Wildman–Crippen LogP) is 2.32. The van der Waals surface area contributed by atoms with Crippen LogP contribution in [0.5, 0.6) is 0 Å². The summed E-state index contributed by atoms with van der Waals surface area (Å²) in [5, 5.41) is 11.9. The largest absolute Gasteiger partial charge is 0.481 e. The molecule has 0 aromatic rings. The van der Waals surface area contributed by atoms with E-state index in [4.69, 9.17) is 5.11 Å². The normalized spacial score (nSPS) is 24.1. The van der Waals surface area contributed by atoms with Gasteiger partial charge in [0, 0.05) is 19.1 Å². The Labute approximate surface area is 115 Å². The number of urea groups is 1. The fraction of sp³-hybridized carbons (Fsp3) is 0.857. The van der Waals surface area contributed by atoms with Gasteiger partial charge in [-0.3, -0.25) is 4.79 Å². The smallest absolute Gasteiger partial charge is 0.317 e. The fourth-order valence-electron chi connectivity index (χ4n) is 2.34. The van der Waals surface area contributed by atoms with Crippen molar-refractivity contribution in [3.8, 4) is 0 Å². The first kappa shape index (κ1) is 15.8. The maximum absolute atomic E-state index is 12.0. The lowest BCUT2D eigenvalue weighted by atomic mass is 9.91. The lowest BCUT2D eigenvalue weighted by Crippen LogP contribution is -2.50. The Kier molecular flexibility index (Phi) is 5.20. The van der Waals surface area contributed by atoms with Gasteiger partial charge in [0.1, 0.15) is 0 Å². The van der Waals surface area contributed by atoms with E-state index >= 15 is 0 Å². The van der Waals surface area contributed by atoms with Gasteiger partial charge in [-0.05, 0) is 31.6 Å². The van der Waals surface area contributed by atoms with Crippen molar-refractivity contribution in [2.75, 3.05) is 13.1 Å². The number of carboxylic acid groups (broad SMARTS) is 1. The molecule has 110 valence electrons. The van der Waals surface area contributed by atoms with E-state index in [2.05, 4.69) is 26.1 Å². The summed E-state index contributed by atoms with van der Waals surface area (Å²) < 4.78 is 0. The molecule has 1 saturated heterocycles. The number of piperidine rings is 1. The molecule has 2 unspecified atom stereocenters. The van der Waals surface area contributed by atoms with Gasteiger partial charge in [0.05, 0.1) is 5.92 Å². The number of aliphatic carboxylic acids is 1. The quantitative estimate of drug-likeness (QED) is 0.827. The second-order valence-electron chi connectivity index (χ2n) is 6.64. The molecule has 0 aromatic heterocycles. The van der Waals surface area contributed by atoms with Gasteiger partial charge in [-0.1, -0.05) is 20.8 Å². The average molecular weight is 270 g/mol. The predicted molar refractivity (Wildman–Crippen MR) is 74.0 cm³/mol. The molecule has 1 heterocycles. The summed E-state index contributed by atoms with van der Waals surface area (Å²) in [4.78, 5) is 24.7. The van der Waals surface area contributed by atoms with Gasteiger partial charge < -0.3 is 15.3 Å². The Morgan fingerprint density at radius 3 is 2.47 bits per heavy atom. The SMILES string of the molecule is CC1CC(C(=O)O)CCN1C(=O)NCCC(C)(C)C. The molecule has 19 heavy (non-hydrogen) atoms. The number of likely N-dealkylation sites (tertiary alicyclic amines) is 1. The van der Waals surface area contributed by atoms with Crippen molar-refractivity contribution < 1.29 is 14.7 Å². The van der Waals surface area contributed by atoms with Crippen molar-refractivity contribution in [1.29, 1.82) is 0 Å². The third-order valence-corrected chi connectivity index (χ3v) is 3.64. The van der Waals surface area contributed by atoms with E-state index in [1.807, 2.05) is 6.92 Å². The third-order valence-electron chi connectivity index (χ3n) is 3.64. The van der Waals surface area contributed by atoms with Gasteiger partial charge in [-0.25, -0.2) is 4.79 Å². The standard InChI is InChI=1S/C14H26N2O3/c1-10-9-11(12(17)18)5-8-16(10)13(19)15-7-6-14(2,3)4/h10-11H,5-9H2,1-4H3,(H,15,19)(H,17,18). The topological polar surface area (TPSA) is 69.6 Å². The van der Waals surface area contributed by atoms with Crippen molar-refractivity contribution in [2.24, 2.45) is 11.3 Å². The summed E-state index contributed by atoms with van der Waals surface area (Å²) in [6.07, 6.45) is 2.02. The van der Waals surface area contributed by atoms with Crippen LogP contribution in [0.3, 0.4) is 0 Å². The highest BCUT2D eigenvalue weighted by atomic mass is 16.4. The molecule has 0 aromatic carbocycles. The van der Waals surface area contributed by atoms with Crippen LogP contribution in [0.4, 0.5) is 4.79 Å². The van der Waals surface area contributed by atoms with Crippen molar-refractivity contribution in [3.05, 3.63) is 0 Å². The van der Waals surface area contributed by atoms with E-state index < -0.39 is 5.97 Å². The maximum atomic E-state index is 12.0. The van der Waals surface area contributed by atoms with Gasteiger partial charge in [0.2, 0.25) is 0 Å². The number of rotatable bonds is 3. The second-order valence-corrected chi connectivity index (χ2v) is 6.64. The molecular weight excluding hydrogens is 244 g/mol. The van der Waals surface area contributed by atoms with Crippen LogP contribution in [0.1, 0.15) is 47.0 Å². The van der Waals surface area contributed by atoms with Crippen molar-refractivity contribution in [3.63, 3.8) is 0 Å². The minimum Gasteiger partial charge on any atom is -0.481 e. The van der Waals surface area contributed by atoms with E-state index in [9.17, 15) is 9.59 Å². The number of hydrogen-bond donors (Lipinski definition) is 2. The Hall–Kier alpha value is -1.26. The summed E-state index contributed by atoms with van der Waals surface area (Å²) >= 11 is 0. The molecule has 2 amide bonds.